The number of aliphatic imine (C=N–C) groups is 1. The Labute approximate surface area is 190 Å². The molecule has 1 atom stereocenters. The van der Waals surface area contributed by atoms with Crippen LogP contribution in [0, 0.1) is 0 Å². The molecular formula is C24H24N8O. The number of allylic oxidation sites excluding steroid dienone is 1. The first-order chi connectivity index (χ1) is 16.0. The third-order valence-electron chi connectivity index (χ3n) is 5.04. The van der Waals surface area contributed by atoms with Gasteiger partial charge in [0.05, 0.1) is 30.3 Å². The Bertz CT molecular complexity index is 1330. The van der Waals surface area contributed by atoms with Crippen LogP contribution in [0.3, 0.4) is 0 Å². The molecule has 0 aliphatic heterocycles. The fourth-order valence-corrected chi connectivity index (χ4v) is 3.23. The maximum absolute atomic E-state index is 12.4. The molecule has 9 nitrogen and oxygen atoms in total. The van der Waals surface area contributed by atoms with Crippen LogP contribution in [-0.4, -0.2) is 37.7 Å². The number of nitrogen functional groups attached to an aromatic ring is 1. The molecule has 5 N–H and O–H groups in total. The summed E-state index contributed by atoms with van der Waals surface area (Å²) in [5, 5.41) is 7.34. The number of aromatic nitrogens is 4. The van der Waals surface area contributed by atoms with Crippen LogP contribution in [-0.2, 0) is 11.3 Å². The van der Waals surface area contributed by atoms with Crippen molar-refractivity contribution in [3.05, 3.63) is 84.6 Å². The smallest absolute Gasteiger partial charge is 0.244 e. The molecule has 0 aliphatic rings. The lowest BCUT2D eigenvalue weighted by Crippen LogP contribution is -2.31. The first kappa shape index (κ1) is 21.7. The molecule has 0 saturated heterocycles. The highest BCUT2D eigenvalue weighted by Crippen LogP contribution is 2.23. The molecule has 1 unspecified atom stereocenters. The minimum Gasteiger partial charge on any atom is -0.404 e. The Morgan fingerprint density at radius 3 is 2.82 bits per heavy atom. The maximum atomic E-state index is 12.4. The van der Waals surface area contributed by atoms with Crippen molar-refractivity contribution in [2.24, 2.45) is 10.7 Å². The second kappa shape index (κ2) is 9.73. The van der Waals surface area contributed by atoms with E-state index in [2.05, 4.69) is 25.4 Å². The van der Waals surface area contributed by atoms with Crippen molar-refractivity contribution >= 4 is 29.0 Å². The lowest BCUT2D eigenvalue weighted by atomic mass is 10.1. The minimum atomic E-state index is -0.595. The standard InChI is InChI=1S/C24H24N8O/c1-16(24(33)30-14-21-7-2-3-8-27-21)28-12-19(11-25)18-10-23-29-15-22(32(23)31-13-18)17-5-4-6-20(26)9-17/h2-13,15-16H,14,25-26H2,1H3,(H,30,33). The number of pyridine rings is 1. The Balaban J connectivity index is 1.47. The van der Waals surface area contributed by atoms with Crippen LogP contribution < -0.4 is 16.8 Å². The minimum absolute atomic E-state index is 0.207. The summed E-state index contributed by atoms with van der Waals surface area (Å²) < 4.78 is 1.73. The molecule has 0 radical (unpaired) electrons. The van der Waals surface area contributed by atoms with Crippen LogP contribution in [0.1, 0.15) is 18.2 Å². The van der Waals surface area contributed by atoms with Crippen LogP contribution in [0.2, 0.25) is 0 Å². The van der Waals surface area contributed by atoms with Gasteiger partial charge < -0.3 is 16.8 Å². The molecule has 0 fully saturated rings. The summed E-state index contributed by atoms with van der Waals surface area (Å²) in [5.74, 6) is -0.207. The predicted octanol–water partition coefficient (Wildman–Crippen LogP) is 2.45. The van der Waals surface area contributed by atoms with Gasteiger partial charge in [-0.3, -0.25) is 14.8 Å². The van der Waals surface area contributed by atoms with E-state index in [1.54, 1.807) is 36.2 Å². The number of nitrogens with zero attached hydrogens (tertiary/aromatic N) is 5. The van der Waals surface area contributed by atoms with E-state index in [0.29, 0.717) is 23.5 Å². The number of carbonyl (C=O) groups excluding carboxylic acids is 1. The third kappa shape index (κ3) is 5.04. The maximum Gasteiger partial charge on any atom is 0.244 e. The monoisotopic (exact) mass is 440 g/mol. The quantitative estimate of drug-likeness (QED) is 0.298. The summed E-state index contributed by atoms with van der Waals surface area (Å²) in [4.78, 5) is 25.3. The number of carbonyl (C=O) groups is 1. The zero-order chi connectivity index (χ0) is 23.2. The van der Waals surface area contributed by atoms with E-state index in [9.17, 15) is 4.79 Å². The van der Waals surface area contributed by atoms with E-state index in [1.165, 1.54) is 6.20 Å². The number of nitrogens with two attached hydrogens (primary N) is 2. The number of nitrogens with one attached hydrogen (secondary N) is 1. The normalized spacial score (nSPS) is 12.8. The molecule has 9 heteroatoms. The van der Waals surface area contributed by atoms with Crippen molar-refractivity contribution in [2.75, 3.05) is 5.73 Å². The molecule has 3 heterocycles. The summed E-state index contributed by atoms with van der Waals surface area (Å²) >= 11 is 0. The highest BCUT2D eigenvalue weighted by molar-refractivity contribution is 6.10. The van der Waals surface area contributed by atoms with Crippen molar-refractivity contribution < 1.29 is 4.79 Å². The van der Waals surface area contributed by atoms with Gasteiger partial charge in [0.15, 0.2) is 5.65 Å². The summed E-state index contributed by atoms with van der Waals surface area (Å²) in [7, 11) is 0. The zero-order valence-corrected chi connectivity index (χ0v) is 18.1. The summed E-state index contributed by atoms with van der Waals surface area (Å²) in [6, 6.07) is 14.4. The number of hydrogen-bond donors (Lipinski definition) is 3. The van der Waals surface area contributed by atoms with Crippen molar-refractivity contribution in [3.63, 3.8) is 0 Å². The third-order valence-corrected chi connectivity index (χ3v) is 5.04. The number of fused-ring (bicyclic) bond motifs is 1. The van der Waals surface area contributed by atoms with E-state index in [1.807, 2.05) is 48.5 Å². The van der Waals surface area contributed by atoms with Gasteiger partial charge in [-0.15, -0.1) is 0 Å². The number of amides is 1. The number of benzene rings is 1. The van der Waals surface area contributed by atoms with Gasteiger partial charge in [-0.1, -0.05) is 18.2 Å². The summed E-state index contributed by atoms with van der Waals surface area (Å²) in [6.07, 6.45) is 8.11. The van der Waals surface area contributed by atoms with E-state index >= 15 is 0 Å². The molecular weight excluding hydrogens is 416 g/mol. The topological polar surface area (TPSA) is 137 Å². The molecule has 1 aromatic carbocycles. The molecule has 0 saturated carbocycles. The van der Waals surface area contributed by atoms with E-state index in [0.717, 1.165) is 22.5 Å². The Morgan fingerprint density at radius 2 is 2.06 bits per heavy atom. The second-order valence-corrected chi connectivity index (χ2v) is 7.40. The largest absolute Gasteiger partial charge is 0.404 e. The molecule has 4 rings (SSSR count). The zero-order valence-electron chi connectivity index (χ0n) is 18.1. The summed E-state index contributed by atoms with van der Waals surface area (Å²) in [6.45, 7) is 2.06. The van der Waals surface area contributed by atoms with Crippen LogP contribution >= 0.6 is 0 Å². The van der Waals surface area contributed by atoms with Gasteiger partial charge in [0.1, 0.15) is 6.04 Å². The van der Waals surface area contributed by atoms with Crippen molar-refractivity contribution in [1.29, 1.82) is 0 Å². The van der Waals surface area contributed by atoms with Gasteiger partial charge in [-0.05, 0) is 37.3 Å². The first-order valence-electron chi connectivity index (χ1n) is 10.4. The Morgan fingerprint density at radius 1 is 1.18 bits per heavy atom. The Kier molecular flexibility index (Phi) is 6.40. The average Bonchev–Trinajstić information content (AvgIpc) is 3.27. The van der Waals surface area contributed by atoms with Gasteiger partial charge in [0, 0.05) is 41.0 Å². The second-order valence-electron chi connectivity index (χ2n) is 7.40. The fourth-order valence-electron chi connectivity index (χ4n) is 3.23. The van der Waals surface area contributed by atoms with Gasteiger partial charge in [0.25, 0.3) is 0 Å². The molecule has 0 bridgehead atoms. The van der Waals surface area contributed by atoms with E-state index in [-0.39, 0.29) is 5.91 Å². The lowest BCUT2D eigenvalue weighted by molar-refractivity contribution is -0.122. The van der Waals surface area contributed by atoms with Crippen LogP contribution in [0.5, 0.6) is 0 Å². The molecule has 4 aromatic rings. The molecule has 33 heavy (non-hydrogen) atoms. The summed E-state index contributed by atoms with van der Waals surface area (Å²) in [5.41, 5.74) is 16.9. The molecule has 0 spiro atoms. The van der Waals surface area contributed by atoms with Crippen molar-refractivity contribution in [1.82, 2.24) is 24.9 Å². The van der Waals surface area contributed by atoms with Gasteiger partial charge in [0.2, 0.25) is 5.91 Å². The van der Waals surface area contributed by atoms with Crippen LogP contribution in [0.4, 0.5) is 5.69 Å². The Hall–Kier alpha value is -4.53. The highest BCUT2D eigenvalue weighted by Gasteiger charge is 2.12. The van der Waals surface area contributed by atoms with Crippen molar-refractivity contribution in [2.45, 2.75) is 19.5 Å². The van der Waals surface area contributed by atoms with E-state index in [4.69, 9.17) is 11.5 Å². The predicted molar refractivity (Wildman–Crippen MR) is 129 cm³/mol. The van der Waals surface area contributed by atoms with Gasteiger partial charge in [-0.25, -0.2) is 9.50 Å². The number of anilines is 1. The van der Waals surface area contributed by atoms with Crippen LogP contribution in [0.15, 0.2) is 78.3 Å². The number of rotatable bonds is 7. The van der Waals surface area contributed by atoms with Gasteiger partial charge >= 0.3 is 0 Å². The highest BCUT2D eigenvalue weighted by atomic mass is 16.2. The average molecular weight is 441 g/mol. The molecule has 0 aliphatic carbocycles. The van der Waals surface area contributed by atoms with Crippen molar-refractivity contribution in [3.8, 4) is 11.3 Å². The lowest BCUT2D eigenvalue weighted by Gasteiger charge is -2.09. The van der Waals surface area contributed by atoms with Crippen LogP contribution in [0.25, 0.3) is 22.5 Å². The molecule has 3 aromatic heterocycles. The molecule has 1 amide bonds. The number of imidazole rings is 1. The molecule has 166 valence electrons. The fraction of sp³-hybridized carbons (Fsp3) is 0.125. The number of hydrogen-bond acceptors (Lipinski definition) is 7. The first-order valence-corrected chi connectivity index (χ1v) is 10.4. The van der Waals surface area contributed by atoms with Gasteiger partial charge in [-0.2, -0.15) is 5.10 Å². The van der Waals surface area contributed by atoms with E-state index < -0.39 is 6.04 Å². The SMILES string of the molecule is CC(N=CC(=CN)c1cnn2c(-c3cccc(N)c3)cnc2c1)C(=O)NCc1ccccn1.